The van der Waals surface area contributed by atoms with Crippen molar-refractivity contribution in [2.45, 2.75) is 33.6 Å². The average Bonchev–Trinajstić information content (AvgIpc) is 2.78. The van der Waals surface area contributed by atoms with Crippen LogP contribution in [0.1, 0.15) is 44.7 Å². The Morgan fingerprint density at radius 1 is 0.848 bits per heavy atom. The van der Waals surface area contributed by atoms with E-state index in [1.807, 2.05) is 0 Å². The molecule has 0 saturated heterocycles. The van der Waals surface area contributed by atoms with Crippen molar-refractivity contribution in [1.82, 2.24) is 0 Å². The van der Waals surface area contributed by atoms with Crippen molar-refractivity contribution in [3.63, 3.8) is 0 Å². The lowest BCUT2D eigenvalue weighted by Crippen LogP contribution is -2.36. The van der Waals surface area contributed by atoms with E-state index in [9.17, 15) is 19.8 Å². The number of carbonyl (C=O) groups excluding carboxylic acids is 2. The van der Waals surface area contributed by atoms with Gasteiger partial charge in [0.15, 0.2) is 11.6 Å². The number of aromatic hydroxyl groups is 2. The number of hydrogen-bond acceptors (Lipinski definition) is 4. The number of carbonyl (C=O) groups is 2. The average molecular weight is 445 g/mol. The van der Waals surface area contributed by atoms with Crippen molar-refractivity contribution < 1.29 is 19.8 Å². The Morgan fingerprint density at radius 3 is 1.73 bits per heavy atom. The van der Waals surface area contributed by atoms with Crippen molar-refractivity contribution in [2.24, 2.45) is 23.7 Å². The van der Waals surface area contributed by atoms with Gasteiger partial charge in [-0.2, -0.15) is 0 Å². The SMILES string of the molecule is CC1=CC(C(C(=O)C=Cc2ccc(O)cc2)C(=O)C=Cc2ccc(O)cc2)C(C(C)C)CC1. The summed E-state index contributed by atoms with van der Waals surface area (Å²) < 4.78 is 0. The van der Waals surface area contributed by atoms with Crippen LogP contribution in [0.4, 0.5) is 0 Å². The molecule has 1 aliphatic rings. The third kappa shape index (κ3) is 6.55. The number of benzene rings is 2. The van der Waals surface area contributed by atoms with Gasteiger partial charge in [0.1, 0.15) is 11.5 Å². The summed E-state index contributed by atoms with van der Waals surface area (Å²) in [4.78, 5) is 26.8. The van der Waals surface area contributed by atoms with E-state index in [-0.39, 0.29) is 34.9 Å². The third-order valence-electron chi connectivity index (χ3n) is 6.36. The maximum Gasteiger partial charge on any atom is 0.167 e. The molecule has 33 heavy (non-hydrogen) atoms. The summed E-state index contributed by atoms with van der Waals surface area (Å²) in [5, 5.41) is 19.0. The Bertz CT molecular complexity index is 988. The summed E-state index contributed by atoms with van der Waals surface area (Å²) in [7, 11) is 0. The van der Waals surface area contributed by atoms with Gasteiger partial charge < -0.3 is 10.2 Å². The molecule has 0 aromatic heterocycles. The topological polar surface area (TPSA) is 74.6 Å². The molecule has 172 valence electrons. The fraction of sp³-hybridized carbons (Fsp3) is 0.310. The zero-order chi connectivity index (χ0) is 24.0. The molecule has 0 spiro atoms. The lowest BCUT2D eigenvalue weighted by molar-refractivity contribution is -0.130. The first kappa shape index (κ1) is 24.2. The van der Waals surface area contributed by atoms with Crippen LogP contribution in [0.25, 0.3) is 12.2 Å². The smallest absolute Gasteiger partial charge is 0.167 e. The van der Waals surface area contributed by atoms with Gasteiger partial charge in [-0.3, -0.25) is 9.59 Å². The molecule has 0 heterocycles. The molecule has 2 N–H and O–H groups in total. The van der Waals surface area contributed by atoms with Crippen molar-refractivity contribution in [3.05, 3.63) is 83.5 Å². The summed E-state index contributed by atoms with van der Waals surface area (Å²) in [6.07, 6.45) is 10.4. The number of ketones is 2. The fourth-order valence-corrected chi connectivity index (χ4v) is 4.50. The minimum atomic E-state index is -0.797. The van der Waals surface area contributed by atoms with Gasteiger partial charge in [-0.05, 0) is 85.1 Å². The molecule has 2 unspecified atom stereocenters. The molecule has 0 saturated carbocycles. The highest BCUT2D eigenvalue weighted by atomic mass is 16.3. The maximum absolute atomic E-state index is 13.4. The van der Waals surface area contributed by atoms with E-state index in [1.54, 1.807) is 60.7 Å². The van der Waals surface area contributed by atoms with Crippen LogP contribution in [0.2, 0.25) is 0 Å². The molecule has 2 atom stereocenters. The number of hydrogen-bond donors (Lipinski definition) is 2. The van der Waals surface area contributed by atoms with Gasteiger partial charge in [0, 0.05) is 0 Å². The molecule has 0 radical (unpaired) electrons. The minimum absolute atomic E-state index is 0.160. The molecule has 0 amide bonds. The number of allylic oxidation sites excluding steroid dienone is 4. The van der Waals surface area contributed by atoms with Crippen LogP contribution in [-0.4, -0.2) is 21.8 Å². The predicted octanol–water partition coefficient (Wildman–Crippen LogP) is 6.21. The van der Waals surface area contributed by atoms with Crippen molar-refractivity contribution in [2.75, 3.05) is 0 Å². The lowest BCUT2D eigenvalue weighted by Gasteiger charge is -2.36. The van der Waals surface area contributed by atoms with E-state index in [2.05, 4.69) is 26.8 Å². The normalized spacial score (nSPS) is 19.7. The first-order valence-electron chi connectivity index (χ1n) is 11.4. The third-order valence-corrected chi connectivity index (χ3v) is 6.36. The van der Waals surface area contributed by atoms with Crippen molar-refractivity contribution in [3.8, 4) is 11.5 Å². The van der Waals surface area contributed by atoms with Crippen LogP contribution in [0.3, 0.4) is 0 Å². The van der Waals surface area contributed by atoms with Gasteiger partial charge in [-0.15, -0.1) is 0 Å². The second-order valence-corrected chi connectivity index (χ2v) is 9.17. The zero-order valence-electron chi connectivity index (χ0n) is 19.4. The van der Waals surface area contributed by atoms with Gasteiger partial charge in [0.25, 0.3) is 0 Å². The summed E-state index contributed by atoms with van der Waals surface area (Å²) >= 11 is 0. The van der Waals surface area contributed by atoms with Gasteiger partial charge in [0.2, 0.25) is 0 Å². The molecule has 0 aliphatic heterocycles. The van der Waals surface area contributed by atoms with Crippen molar-refractivity contribution in [1.29, 1.82) is 0 Å². The predicted molar refractivity (Wildman–Crippen MR) is 133 cm³/mol. The molecule has 4 heteroatoms. The van der Waals surface area contributed by atoms with E-state index in [0.29, 0.717) is 5.92 Å². The summed E-state index contributed by atoms with van der Waals surface area (Å²) in [6, 6.07) is 13.2. The Morgan fingerprint density at radius 2 is 1.30 bits per heavy atom. The molecular formula is C29H32O4. The van der Waals surface area contributed by atoms with Crippen LogP contribution in [0.5, 0.6) is 11.5 Å². The van der Waals surface area contributed by atoms with E-state index >= 15 is 0 Å². The molecule has 4 nitrogen and oxygen atoms in total. The van der Waals surface area contributed by atoms with Gasteiger partial charge in [-0.25, -0.2) is 0 Å². The fourth-order valence-electron chi connectivity index (χ4n) is 4.50. The second kappa shape index (κ2) is 11.0. The van der Waals surface area contributed by atoms with Crippen LogP contribution < -0.4 is 0 Å². The van der Waals surface area contributed by atoms with Gasteiger partial charge >= 0.3 is 0 Å². The molecule has 1 aliphatic carbocycles. The summed E-state index contributed by atoms with van der Waals surface area (Å²) in [6.45, 7) is 6.36. The minimum Gasteiger partial charge on any atom is -0.508 e. The quantitative estimate of drug-likeness (QED) is 0.288. The van der Waals surface area contributed by atoms with Gasteiger partial charge in [0.05, 0.1) is 5.92 Å². The van der Waals surface area contributed by atoms with Crippen LogP contribution in [0, 0.1) is 23.7 Å². The van der Waals surface area contributed by atoms with Crippen LogP contribution in [0.15, 0.2) is 72.3 Å². The van der Waals surface area contributed by atoms with E-state index in [4.69, 9.17) is 0 Å². The Hall–Kier alpha value is -3.40. The molecule has 2 aromatic carbocycles. The molecule has 2 aromatic rings. The Labute approximate surface area is 196 Å². The highest BCUT2D eigenvalue weighted by Crippen LogP contribution is 2.39. The van der Waals surface area contributed by atoms with Crippen molar-refractivity contribution >= 4 is 23.7 Å². The van der Waals surface area contributed by atoms with Crippen LogP contribution in [-0.2, 0) is 9.59 Å². The van der Waals surface area contributed by atoms with E-state index < -0.39 is 5.92 Å². The van der Waals surface area contributed by atoms with Crippen LogP contribution >= 0.6 is 0 Å². The molecule has 3 rings (SSSR count). The summed E-state index contributed by atoms with van der Waals surface area (Å²) in [5.41, 5.74) is 2.78. The number of phenolic OH excluding ortho intramolecular Hbond substituents is 2. The molecule has 0 bridgehead atoms. The zero-order valence-corrected chi connectivity index (χ0v) is 19.4. The highest BCUT2D eigenvalue weighted by molar-refractivity contribution is 6.14. The maximum atomic E-state index is 13.4. The standard InChI is InChI=1S/C29H32O4/c1-19(2)25-15-4-20(3)18-26(25)29(27(32)16-9-21-5-11-23(30)12-6-21)28(33)17-10-22-7-13-24(31)14-8-22/h5-14,16-19,25-26,29-31H,4,15H2,1-3H3. The lowest BCUT2D eigenvalue weighted by atomic mass is 9.67. The second-order valence-electron chi connectivity index (χ2n) is 9.17. The number of rotatable bonds is 8. The highest BCUT2D eigenvalue weighted by Gasteiger charge is 2.38. The number of phenols is 2. The summed E-state index contributed by atoms with van der Waals surface area (Å²) in [5.74, 6) is -0.473. The first-order valence-corrected chi connectivity index (χ1v) is 11.4. The monoisotopic (exact) mass is 444 g/mol. The Balaban J connectivity index is 1.93. The van der Waals surface area contributed by atoms with E-state index in [0.717, 1.165) is 24.0 Å². The van der Waals surface area contributed by atoms with E-state index in [1.165, 1.54) is 17.7 Å². The Kier molecular flexibility index (Phi) is 8.05. The molecular weight excluding hydrogens is 412 g/mol. The first-order chi connectivity index (χ1) is 15.7. The van der Waals surface area contributed by atoms with Gasteiger partial charge in [-0.1, -0.05) is 61.9 Å². The molecule has 0 fully saturated rings. The largest absolute Gasteiger partial charge is 0.508 e.